The van der Waals surface area contributed by atoms with Crippen molar-refractivity contribution in [1.29, 1.82) is 0 Å². The maximum absolute atomic E-state index is 12.4. The van der Waals surface area contributed by atoms with Gasteiger partial charge in [0.15, 0.2) is 17.3 Å². The largest absolute Gasteiger partial charge is 0.504 e. The van der Waals surface area contributed by atoms with E-state index in [1.807, 2.05) is 0 Å². The third kappa shape index (κ3) is 3.18. The molecule has 0 atom stereocenters. The molecule has 1 amide bonds. The van der Waals surface area contributed by atoms with Crippen LogP contribution in [0, 0.1) is 0 Å². The van der Waals surface area contributed by atoms with Gasteiger partial charge in [-0.3, -0.25) is 10.1 Å². The first kappa shape index (κ1) is 16.3. The summed E-state index contributed by atoms with van der Waals surface area (Å²) in [4.78, 5) is 16.9. The molecule has 0 bridgehead atoms. The van der Waals surface area contributed by atoms with Gasteiger partial charge in [-0.1, -0.05) is 6.07 Å². The van der Waals surface area contributed by atoms with Gasteiger partial charge in [-0.15, -0.1) is 0 Å². The van der Waals surface area contributed by atoms with E-state index < -0.39 is 5.91 Å². The maximum atomic E-state index is 12.4. The normalized spacial score (nSPS) is 15.2. The Bertz CT molecular complexity index is 737. The molecule has 2 aromatic rings. The number of phenols is 1. The third-order valence-corrected chi connectivity index (χ3v) is 4.17. The summed E-state index contributed by atoms with van der Waals surface area (Å²) in [5.74, 6) is 0.987. The molecule has 0 saturated carbocycles. The number of aromatic hydroxyl groups is 1. The summed E-state index contributed by atoms with van der Waals surface area (Å²) >= 11 is 0. The van der Waals surface area contributed by atoms with Gasteiger partial charge in [-0.25, -0.2) is 4.68 Å². The zero-order valence-corrected chi connectivity index (χ0v) is 13.7. The Morgan fingerprint density at radius 2 is 2.17 bits per heavy atom. The number of aromatic nitrogens is 3. The lowest BCUT2D eigenvalue weighted by Crippen LogP contribution is -2.27. The molecule has 0 aliphatic carbocycles. The summed E-state index contributed by atoms with van der Waals surface area (Å²) in [5.41, 5.74) is 0.126. The van der Waals surface area contributed by atoms with E-state index in [2.05, 4.69) is 20.7 Å². The number of rotatable bonds is 4. The first-order chi connectivity index (χ1) is 11.6. The van der Waals surface area contributed by atoms with Crippen LogP contribution in [0.4, 0.5) is 5.95 Å². The van der Waals surface area contributed by atoms with Crippen LogP contribution in [0.2, 0.25) is 0 Å². The fraction of sp³-hybridized carbons (Fsp3) is 0.438. The minimum absolute atomic E-state index is 0.126. The molecule has 0 spiro atoms. The molecule has 3 rings (SSSR count). The van der Waals surface area contributed by atoms with E-state index in [4.69, 9.17) is 4.74 Å². The second-order valence-electron chi connectivity index (χ2n) is 5.75. The van der Waals surface area contributed by atoms with Gasteiger partial charge >= 0.3 is 0 Å². The number of aryl methyl sites for hydroxylation is 1. The fourth-order valence-electron chi connectivity index (χ4n) is 2.81. The highest BCUT2D eigenvalue weighted by molar-refractivity contribution is 6.05. The third-order valence-electron chi connectivity index (χ3n) is 4.17. The highest BCUT2D eigenvalue weighted by Crippen LogP contribution is 2.30. The van der Waals surface area contributed by atoms with Crippen molar-refractivity contribution in [2.75, 3.05) is 25.5 Å². The van der Waals surface area contributed by atoms with E-state index in [-0.39, 0.29) is 17.1 Å². The summed E-state index contributed by atoms with van der Waals surface area (Å²) in [6.07, 6.45) is 1.96. The molecule has 1 aliphatic heterocycles. The Balaban J connectivity index is 1.78. The number of piperidine rings is 1. The van der Waals surface area contributed by atoms with Crippen molar-refractivity contribution in [2.24, 2.45) is 7.05 Å². The van der Waals surface area contributed by atoms with Crippen molar-refractivity contribution in [1.82, 2.24) is 20.1 Å². The summed E-state index contributed by atoms with van der Waals surface area (Å²) in [6.45, 7) is 1.89. The van der Waals surface area contributed by atoms with Gasteiger partial charge in [-0.2, -0.15) is 10.1 Å². The Labute approximate surface area is 139 Å². The van der Waals surface area contributed by atoms with Gasteiger partial charge in [0.1, 0.15) is 0 Å². The average molecular weight is 331 g/mol. The number of hydrogen-bond donors (Lipinski definition) is 3. The van der Waals surface area contributed by atoms with Crippen LogP contribution in [0.25, 0.3) is 0 Å². The topological polar surface area (TPSA) is 101 Å². The minimum Gasteiger partial charge on any atom is -0.504 e. The molecule has 3 N–H and O–H groups in total. The van der Waals surface area contributed by atoms with Crippen molar-refractivity contribution in [3.8, 4) is 11.5 Å². The maximum Gasteiger partial charge on any atom is 0.261 e. The van der Waals surface area contributed by atoms with Crippen LogP contribution in [0.3, 0.4) is 0 Å². The van der Waals surface area contributed by atoms with Crippen LogP contribution >= 0.6 is 0 Å². The minimum atomic E-state index is -0.459. The SMILES string of the molecule is COc1cccc(C(=O)Nc2nc(C3CCNCC3)nn2C)c1O. The van der Waals surface area contributed by atoms with Crippen molar-refractivity contribution in [2.45, 2.75) is 18.8 Å². The zero-order chi connectivity index (χ0) is 17.1. The molecule has 0 radical (unpaired) electrons. The van der Waals surface area contributed by atoms with E-state index in [0.29, 0.717) is 11.9 Å². The average Bonchev–Trinajstić information content (AvgIpc) is 2.96. The first-order valence-electron chi connectivity index (χ1n) is 7.89. The number of hydrogen-bond acceptors (Lipinski definition) is 6. The van der Waals surface area contributed by atoms with E-state index in [1.54, 1.807) is 23.9 Å². The molecule has 1 aromatic carbocycles. The zero-order valence-electron chi connectivity index (χ0n) is 13.7. The lowest BCUT2D eigenvalue weighted by Gasteiger charge is -2.19. The smallest absolute Gasteiger partial charge is 0.261 e. The van der Waals surface area contributed by atoms with Gasteiger partial charge in [0.25, 0.3) is 5.91 Å². The Kier molecular flexibility index (Phi) is 4.66. The number of anilines is 1. The van der Waals surface area contributed by atoms with Crippen LogP contribution in [0.1, 0.15) is 34.9 Å². The molecule has 1 saturated heterocycles. The lowest BCUT2D eigenvalue weighted by molar-refractivity contribution is 0.102. The van der Waals surface area contributed by atoms with E-state index >= 15 is 0 Å². The monoisotopic (exact) mass is 331 g/mol. The van der Waals surface area contributed by atoms with Gasteiger partial charge in [0.05, 0.1) is 12.7 Å². The Hall–Kier alpha value is -2.61. The number of nitrogens with one attached hydrogen (secondary N) is 2. The number of ether oxygens (including phenoxy) is 1. The number of carbonyl (C=O) groups is 1. The molecule has 2 heterocycles. The van der Waals surface area contributed by atoms with Crippen LogP contribution in [-0.2, 0) is 7.05 Å². The summed E-state index contributed by atoms with van der Waals surface area (Å²) in [5, 5.41) is 20.5. The van der Waals surface area contributed by atoms with Crippen molar-refractivity contribution < 1.29 is 14.6 Å². The van der Waals surface area contributed by atoms with Crippen LogP contribution in [0.5, 0.6) is 11.5 Å². The molecule has 1 aromatic heterocycles. The Morgan fingerprint density at radius 3 is 2.88 bits per heavy atom. The van der Waals surface area contributed by atoms with Crippen LogP contribution in [-0.4, -0.2) is 46.0 Å². The second-order valence-corrected chi connectivity index (χ2v) is 5.75. The van der Waals surface area contributed by atoms with Crippen molar-refractivity contribution in [3.05, 3.63) is 29.6 Å². The van der Waals surface area contributed by atoms with Gasteiger partial charge in [0, 0.05) is 13.0 Å². The van der Waals surface area contributed by atoms with E-state index in [1.165, 1.54) is 13.2 Å². The van der Waals surface area contributed by atoms with Crippen LogP contribution < -0.4 is 15.4 Å². The molecule has 24 heavy (non-hydrogen) atoms. The predicted octanol–water partition coefficient (Wildman–Crippen LogP) is 1.25. The number of benzene rings is 1. The fourth-order valence-corrected chi connectivity index (χ4v) is 2.81. The standard InChI is InChI=1S/C16H21N5O3/c1-21-16(18-14(20-21)10-6-8-17-9-7-10)19-15(23)11-4-3-5-12(24-2)13(11)22/h3-5,10,17,22H,6-9H2,1-2H3,(H,18,19,20,23). The van der Waals surface area contributed by atoms with Crippen molar-refractivity contribution >= 4 is 11.9 Å². The second kappa shape index (κ2) is 6.88. The molecule has 1 aliphatic rings. The number of phenolic OH excluding ortho intramolecular Hbond substituents is 1. The van der Waals surface area contributed by atoms with E-state index in [9.17, 15) is 9.90 Å². The molecule has 8 heteroatoms. The number of nitrogens with zero attached hydrogens (tertiary/aromatic N) is 3. The molecular formula is C16H21N5O3. The molecular weight excluding hydrogens is 310 g/mol. The summed E-state index contributed by atoms with van der Waals surface area (Å²) in [6, 6.07) is 4.76. The number of methoxy groups -OCH3 is 1. The van der Waals surface area contributed by atoms with E-state index in [0.717, 1.165) is 31.8 Å². The summed E-state index contributed by atoms with van der Waals surface area (Å²) in [7, 11) is 3.17. The van der Waals surface area contributed by atoms with Gasteiger partial charge in [0.2, 0.25) is 5.95 Å². The Morgan fingerprint density at radius 1 is 1.42 bits per heavy atom. The first-order valence-corrected chi connectivity index (χ1v) is 7.89. The number of para-hydroxylation sites is 1. The van der Waals surface area contributed by atoms with Gasteiger partial charge < -0.3 is 15.2 Å². The molecule has 128 valence electrons. The lowest BCUT2D eigenvalue weighted by atomic mass is 9.98. The van der Waals surface area contributed by atoms with Crippen LogP contribution in [0.15, 0.2) is 18.2 Å². The van der Waals surface area contributed by atoms with Gasteiger partial charge in [-0.05, 0) is 38.1 Å². The number of carbonyl (C=O) groups excluding carboxylic acids is 1. The molecule has 8 nitrogen and oxygen atoms in total. The van der Waals surface area contributed by atoms with Crippen molar-refractivity contribution in [3.63, 3.8) is 0 Å². The quantitative estimate of drug-likeness (QED) is 0.779. The molecule has 0 unspecified atom stereocenters. The summed E-state index contributed by atoms with van der Waals surface area (Å²) < 4.78 is 6.57. The highest BCUT2D eigenvalue weighted by Gasteiger charge is 2.22. The molecule has 1 fully saturated rings. The number of amides is 1. The predicted molar refractivity (Wildman–Crippen MR) is 88.5 cm³/mol. The highest BCUT2D eigenvalue weighted by atomic mass is 16.5.